The number of anilines is 2. The van der Waals surface area contributed by atoms with E-state index in [0.717, 1.165) is 32.4 Å². The number of benzene rings is 2. The molecule has 0 radical (unpaired) electrons. The van der Waals surface area contributed by atoms with Crippen molar-refractivity contribution < 1.29 is 14.6 Å². The van der Waals surface area contributed by atoms with Crippen LogP contribution in [0.5, 0.6) is 0 Å². The Morgan fingerprint density at radius 1 is 0.758 bits per heavy atom. The molecule has 2 aromatic carbocycles. The number of carbonyl (C=O) groups excluding carboxylic acids is 1. The van der Waals surface area contributed by atoms with E-state index >= 15 is 0 Å². The molecule has 0 unspecified atom stereocenters. The minimum Gasteiger partial charge on any atom is -0.366 e. The Bertz CT molecular complexity index is 1080. The fourth-order valence-electron chi connectivity index (χ4n) is 4.45. The van der Waals surface area contributed by atoms with E-state index in [1.807, 2.05) is 9.80 Å². The Morgan fingerprint density at radius 3 is 1.91 bits per heavy atom. The van der Waals surface area contributed by atoms with Crippen LogP contribution < -0.4 is 9.80 Å². The van der Waals surface area contributed by atoms with Crippen molar-refractivity contribution in [2.75, 3.05) is 49.1 Å². The van der Waals surface area contributed by atoms with Crippen molar-refractivity contribution in [3.63, 3.8) is 0 Å². The van der Waals surface area contributed by atoms with Crippen LogP contribution in [0.15, 0.2) is 36.4 Å². The van der Waals surface area contributed by atoms with Crippen LogP contribution >= 0.6 is 11.6 Å². The van der Waals surface area contributed by atoms with E-state index in [9.17, 15) is 25.0 Å². The molecule has 10 nitrogen and oxygen atoms in total. The fourth-order valence-corrected chi connectivity index (χ4v) is 4.61. The van der Waals surface area contributed by atoms with Gasteiger partial charge in [-0.2, -0.15) is 0 Å². The maximum absolute atomic E-state index is 13.1. The van der Waals surface area contributed by atoms with Crippen LogP contribution in [0.25, 0.3) is 0 Å². The molecule has 0 spiro atoms. The van der Waals surface area contributed by atoms with E-state index in [4.69, 9.17) is 11.6 Å². The Balaban J connectivity index is 1.48. The van der Waals surface area contributed by atoms with Gasteiger partial charge in [0.15, 0.2) is 0 Å². The van der Waals surface area contributed by atoms with Gasteiger partial charge in [0.2, 0.25) is 0 Å². The molecule has 2 fully saturated rings. The highest BCUT2D eigenvalue weighted by atomic mass is 35.5. The minimum atomic E-state index is -0.470. The molecule has 0 atom stereocenters. The van der Waals surface area contributed by atoms with E-state index in [1.165, 1.54) is 12.1 Å². The Hall–Kier alpha value is -3.40. The summed E-state index contributed by atoms with van der Waals surface area (Å²) in [4.78, 5) is 40.8. The second-order valence-electron chi connectivity index (χ2n) is 8.18. The zero-order chi connectivity index (χ0) is 23.5. The quantitative estimate of drug-likeness (QED) is 0.474. The zero-order valence-electron chi connectivity index (χ0n) is 18.0. The third kappa shape index (κ3) is 4.85. The number of amides is 1. The molecule has 0 aliphatic carbocycles. The first-order valence-electron chi connectivity index (χ1n) is 10.9. The van der Waals surface area contributed by atoms with Crippen LogP contribution in [0.3, 0.4) is 0 Å². The van der Waals surface area contributed by atoms with Gasteiger partial charge in [-0.05, 0) is 43.5 Å². The monoisotopic (exact) mass is 473 g/mol. The van der Waals surface area contributed by atoms with Crippen molar-refractivity contribution in [1.29, 1.82) is 0 Å². The summed E-state index contributed by atoms with van der Waals surface area (Å²) in [6, 6.07) is 9.21. The predicted octanol–water partition coefficient (Wildman–Crippen LogP) is 4.11. The molecule has 0 aromatic heterocycles. The van der Waals surface area contributed by atoms with Crippen LogP contribution in [0.4, 0.5) is 22.7 Å². The number of halogens is 1. The molecule has 0 bridgehead atoms. The molecule has 174 valence electrons. The molecule has 2 aliphatic heterocycles. The average Bonchev–Trinajstić information content (AvgIpc) is 2.83. The van der Waals surface area contributed by atoms with Gasteiger partial charge < -0.3 is 14.7 Å². The van der Waals surface area contributed by atoms with E-state index in [0.29, 0.717) is 37.6 Å². The summed E-state index contributed by atoms with van der Waals surface area (Å²) in [5, 5.41) is 23.4. The topological polar surface area (TPSA) is 113 Å². The summed E-state index contributed by atoms with van der Waals surface area (Å²) in [5.74, 6) is -0.284. The lowest BCUT2D eigenvalue weighted by atomic mass is 10.1. The Morgan fingerprint density at radius 2 is 1.30 bits per heavy atom. The lowest BCUT2D eigenvalue weighted by Gasteiger charge is -2.36. The molecule has 0 N–H and O–H groups in total. The fraction of sp³-hybridized carbons (Fsp3) is 0.409. The number of piperazine rings is 1. The largest absolute Gasteiger partial charge is 0.366 e. The van der Waals surface area contributed by atoms with Crippen LogP contribution in [-0.2, 0) is 0 Å². The number of nitro groups is 2. The lowest BCUT2D eigenvalue weighted by Crippen LogP contribution is -2.49. The first-order chi connectivity index (χ1) is 15.8. The summed E-state index contributed by atoms with van der Waals surface area (Å²) in [7, 11) is 0. The van der Waals surface area contributed by atoms with E-state index in [1.54, 1.807) is 29.2 Å². The molecular formula is C22H24ClN5O5. The standard InChI is InChI=1S/C22H24ClN5O5/c23-17-5-7-19(21(15-17)28(32)33)25-10-12-26(13-11-25)22(29)16-4-6-18(20(14-16)27(30)31)24-8-2-1-3-9-24/h4-7,14-15H,1-3,8-13H2. The molecule has 33 heavy (non-hydrogen) atoms. The number of hydrogen-bond acceptors (Lipinski definition) is 7. The van der Waals surface area contributed by atoms with Crippen molar-refractivity contribution in [3.05, 3.63) is 67.2 Å². The van der Waals surface area contributed by atoms with Gasteiger partial charge in [0, 0.05) is 62.0 Å². The van der Waals surface area contributed by atoms with Gasteiger partial charge in [0.1, 0.15) is 11.4 Å². The molecule has 11 heteroatoms. The van der Waals surface area contributed by atoms with Gasteiger partial charge in [-0.15, -0.1) is 0 Å². The molecule has 0 saturated carbocycles. The van der Waals surface area contributed by atoms with Gasteiger partial charge >= 0.3 is 0 Å². The highest BCUT2D eigenvalue weighted by Gasteiger charge is 2.28. The molecule has 4 rings (SSSR count). The molecule has 2 aliphatic rings. The first-order valence-corrected chi connectivity index (χ1v) is 11.2. The lowest BCUT2D eigenvalue weighted by molar-refractivity contribution is -0.384. The maximum atomic E-state index is 13.1. The molecule has 2 saturated heterocycles. The van der Waals surface area contributed by atoms with Gasteiger partial charge in [-0.3, -0.25) is 25.0 Å². The second-order valence-corrected chi connectivity index (χ2v) is 8.61. The molecule has 1 amide bonds. The summed E-state index contributed by atoms with van der Waals surface area (Å²) in [6.07, 6.45) is 3.10. The molecule has 2 heterocycles. The zero-order valence-corrected chi connectivity index (χ0v) is 18.7. The summed E-state index contributed by atoms with van der Waals surface area (Å²) in [6.45, 7) is 3.05. The summed E-state index contributed by atoms with van der Waals surface area (Å²) >= 11 is 5.90. The minimum absolute atomic E-state index is 0.0572. The third-order valence-electron chi connectivity index (χ3n) is 6.16. The number of piperidine rings is 1. The predicted molar refractivity (Wildman–Crippen MR) is 125 cm³/mol. The number of nitro benzene ring substituents is 2. The third-order valence-corrected chi connectivity index (χ3v) is 6.39. The van der Waals surface area contributed by atoms with Crippen LogP contribution in [0.1, 0.15) is 29.6 Å². The number of nitrogens with zero attached hydrogens (tertiary/aromatic N) is 5. The Labute approximate surface area is 195 Å². The van der Waals surface area contributed by atoms with Gasteiger partial charge in [-0.1, -0.05) is 11.6 Å². The highest BCUT2D eigenvalue weighted by Crippen LogP contribution is 2.33. The van der Waals surface area contributed by atoms with Crippen molar-refractivity contribution >= 4 is 40.3 Å². The van der Waals surface area contributed by atoms with Crippen LogP contribution in [-0.4, -0.2) is 59.9 Å². The normalized spacial score (nSPS) is 16.6. The first kappa shape index (κ1) is 22.8. The number of rotatable bonds is 5. The maximum Gasteiger partial charge on any atom is 0.294 e. The number of carbonyl (C=O) groups is 1. The van der Waals surface area contributed by atoms with E-state index in [2.05, 4.69) is 0 Å². The van der Waals surface area contributed by atoms with E-state index in [-0.39, 0.29) is 27.9 Å². The van der Waals surface area contributed by atoms with E-state index < -0.39 is 9.85 Å². The molecule has 2 aromatic rings. The van der Waals surface area contributed by atoms with Crippen LogP contribution in [0.2, 0.25) is 5.02 Å². The van der Waals surface area contributed by atoms with Crippen LogP contribution in [0, 0.1) is 20.2 Å². The van der Waals surface area contributed by atoms with Gasteiger partial charge in [-0.25, -0.2) is 0 Å². The number of hydrogen-bond donors (Lipinski definition) is 0. The van der Waals surface area contributed by atoms with Crippen molar-refractivity contribution in [1.82, 2.24) is 4.90 Å². The molecular weight excluding hydrogens is 450 g/mol. The van der Waals surface area contributed by atoms with Crippen molar-refractivity contribution in [2.24, 2.45) is 0 Å². The second kappa shape index (κ2) is 9.62. The highest BCUT2D eigenvalue weighted by molar-refractivity contribution is 6.30. The smallest absolute Gasteiger partial charge is 0.294 e. The summed E-state index contributed by atoms with van der Waals surface area (Å²) in [5.41, 5.74) is 1.15. The van der Waals surface area contributed by atoms with Crippen molar-refractivity contribution in [2.45, 2.75) is 19.3 Å². The average molecular weight is 474 g/mol. The Kier molecular flexibility index (Phi) is 6.64. The summed E-state index contributed by atoms with van der Waals surface area (Å²) < 4.78 is 0. The van der Waals surface area contributed by atoms with Gasteiger partial charge in [0.25, 0.3) is 17.3 Å². The van der Waals surface area contributed by atoms with Crippen molar-refractivity contribution in [3.8, 4) is 0 Å². The van der Waals surface area contributed by atoms with Gasteiger partial charge in [0.05, 0.1) is 9.85 Å². The SMILES string of the molecule is O=C(c1ccc(N2CCCCC2)c([N+](=O)[O-])c1)N1CCN(c2ccc(Cl)cc2[N+](=O)[O-])CC1.